The van der Waals surface area contributed by atoms with Gasteiger partial charge in [-0.25, -0.2) is 0 Å². The number of carbonyl (C=O) groups excluding carboxylic acids is 4. The fourth-order valence-electron chi connectivity index (χ4n) is 7.09. The summed E-state index contributed by atoms with van der Waals surface area (Å²) in [6.45, 7) is 15.0. The molecule has 1 spiro atoms. The molecule has 3 saturated heterocycles. The number of halogens is 1. The van der Waals surface area contributed by atoms with E-state index in [1.165, 1.54) is 4.90 Å². The molecule has 3 aliphatic rings. The lowest BCUT2D eigenvalue weighted by molar-refractivity contribution is -0.161. The monoisotopic (exact) mass is 687 g/mol. The van der Waals surface area contributed by atoms with Gasteiger partial charge in [-0.2, -0.15) is 0 Å². The number of carbonyl (C=O) groups is 4. The van der Waals surface area contributed by atoms with Crippen molar-refractivity contribution in [1.29, 1.82) is 0 Å². The number of esters is 1. The van der Waals surface area contributed by atoms with Crippen LogP contribution in [0, 0.1) is 17.8 Å². The molecular weight excluding hydrogens is 642 g/mol. The first-order chi connectivity index (χ1) is 21.4. The molecule has 10 nitrogen and oxygen atoms in total. The Morgan fingerprint density at radius 1 is 1.20 bits per heavy atom. The largest absolute Gasteiger partial charge is 0.455 e. The van der Waals surface area contributed by atoms with Crippen LogP contribution >= 0.6 is 15.9 Å². The van der Waals surface area contributed by atoms with Gasteiger partial charge in [0, 0.05) is 23.8 Å². The number of likely N-dealkylation sites (tertiary alicyclic amines) is 1. The van der Waals surface area contributed by atoms with Gasteiger partial charge in [0.2, 0.25) is 17.7 Å². The number of rotatable bonds is 15. The van der Waals surface area contributed by atoms with Gasteiger partial charge in [-0.1, -0.05) is 72.3 Å². The fraction of sp³-hybridized carbons (Fsp3) is 0.588. The molecule has 0 radical (unpaired) electrons. The topological polar surface area (TPSA) is 125 Å². The minimum atomic E-state index is -1.30. The van der Waals surface area contributed by atoms with Crippen molar-refractivity contribution in [3.8, 4) is 0 Å². The highest BCUT2D eigenvalue weighted by molar-refractivity contribution is 9.09. The summed E-state index contributed by atoms with van der Waals surface area (Å²) in [5, 5.41) is 13.3. The third kappa shape index (κ3) is 6.62. The molecule has 3 aliphatic heterocycles. The highest BCUT2D eigenvalue weighted by atomic mass is 79.9. The van der Waals surface area contributed by atoms with Crippen LogP contribution in [0.2, 0.25) is 0 Å². The first-order valence-corrected chi connectivity index (χ1v) is 16.6. The maximum absolute atomic E-state index is 14.5. The van der Waals surface area contributed by atoms with Gasteiger partial charge in [-0.05, 0) is 38.2 Å². The van der Waals surface area contributed by atoms with E-state index >= 15 is 0 Å². The van der Waals surface area contributed by atoms with E-state index < -0.39 is 53.6 Å². The summed E-state index contributed by atoms with van der Waals surface area (Å²) in [6.07, 6.45) is 2.89. The van der Waals surface area contributed by atoms with Crippen LogP contribution in [0.3, 0.4) is 0 Å². The van der Waals surface area contributed by atoms with Crippen molar-refractivity contribution in [2.24, 2.45) is 17.8 Å². The number of hydrogen-bond donors (Lipinski definition) is 2. The Morgan fingerprint density at radius 3 is 2.47 bits per heavy atom. The van der Waals surface area contributed by atoms with Crippen molar-refractivity contribution in [3.63, 3.8) is 0 Å². The zero-order chi connectivity index (χ0) is 33.1. The number of aliphatic hydroxyl groups is 1. The number of hydrogen-bond acceptors (Lipinski definition) is 7. The van der Waals surface area contributed by atoms with Crippen molar-refractivity contribution in [1.82, 2.24) is 15.1 Å². The Balaban J connectivity index is 1.71. The Bertz CT molecular complexity index is 1270. The van der Waals surface area contributed by atoms with E-state index in [1.54, 1.807) is 17.1 Å². The molecule has 11 heteroatoms. The predicted molar refractivity (Wildman–Crippen MR) is 173 cm³/mol. The average molecular weight is 689 g/mol. The van der Waals surface area contributed by atoms with E-state index in [2.05, 4.69) is 34.4 Å². The van der Waals surface area contributed by atoms with Crippen LogP contribution in [0.5, 0.6) is 0 Å². The van der Waals surface area contributed by atoms with Gasteiger partial charge in [-0.3, -0.25) is 19.2 Å². The minimum Gasteiger partial charge on any atom is -0.455 e. The smallest absolute Gasteiger partial charge is 0.313 e. The maximum Gasteiger partial charge on any atom is 0.313 e. The molecule has 0 aliphatic carbocycles. The zero-order valence-corrected chi connectivity index (χ0v) is 28.1. The summed E-state index contributed by atoms with van der Waals surface area (Å²) in [7, 11) is 0. The molecule has 3 amide bonds. The Kier molecular flexibility index (Phi) is 11.3. The van der Waals surface area contributed by atoms with Crippen molar-refractivity contribution >= 4 is 39.6 Å². The molecule has 3 fully saturated rings. The Morgan fingerprint density at radius 2 is 1.89 bits per heavy atom. The molecule has 45 heavy (non-hydrogen) atoms. The number of allylic oxidation sites excluding steroid dienone is 1. The van der Waals surface area contributed by atoms with Crippen molar-refractivity contribution < 1.29 is 33.8 Å². The third-order valence-corrected chi connectivity index (χ3v) is 10.1. The molecule has 3 heterocycles. The average Bonchev–Trinajstić information content (AvgIpc) is 3.60. The normalized spacial score (nSPS) is 28.1. The highest BCUT2D eigenvalue weighted by Crippen LogP contribution is 2.61. The third-order valence-electron chi connectivity index (χ3n) is 9.27. The lowest BCUT2D eigenvalue weighted by Gasteiger charge is -2.41. The molecule has 4 rings (SSSR count). The van der Waals surface area contributed by atoms with Crippen LogP contribution in [0.1, 0.15) is 58.6 Å². The van der Waals surface area contributed by atoms with Crippen LogP contribution < -0.4 is 5.32 Å². The van der Waals surface area contributed by atoms with Gasteiger partial charge in [-0.15, -0.1) is 13.2 Å². The van der Waals surface area contributed by atoms with E-state index in [4.69, 9.17) is 9.47 Å². The first kappa shape index (κ1) is 34.8. The van der Waals surface area contributed by atoms with Crippen molar-refractivity contribution in [3.05, 3.63) is 61.2 Å². The molecular formula is C34H46BrN3O7. The van der Waals surface area contributed by atoms with Gasteiger partial charge in [0.25, 0.3) is 0 Å². The summed E-state index contributed by atoms with van der Waals surface area (Å²) >= 11 is 3.70. The zero-order valence-electron chi connectivity index (χ0n) is 26.6. The highest BCUT2D eigenvalue weighted by Gasteiger charge is 2.77. The van der Waals surface area contributed by atoms with Crippen LogP contribution in [0.25, 0.3) is 0 Å². The second-order valence-corrected chi connectivity index (χ2v) is 13.9. The van der Waals surface area contributed by atoms with Crippen LogP contribution in [0.4, 0.5) is 0 Å². The van der Waals surface area contributed by atoms with Gasteiger partial charge >= 0.3 is 5.97 Å². The Hall–Kier alpha value is -3.02. The number of alkyl halides is 1. The van der Waals surface area contributed by atoms with Crippen LogP contribution in [-0.4, -0.2) is 93.0 Å². The second-order valence-electron chi connectivity index (χ2n) is 12.7. The van der Waals surface area contributed by atoms with Gasteiger partial charge in [0.15, 0.2) is 0 Å². The van der Waals surface area contributed by atoms with E-state index in [1.807, 2.05) is 58.0 Å². The summed E-state index contributed by atoms with van der Waals surface area (Å²) < 4.78 is 12.7. The summed E-state index contributed by atoms with van der Waals surface area (Å²) in [5.74, 6) is -3.70. The van der Waals surface area contributed by atoms with E-state index in [0.29, 0.717) is 18.4 Å². The standard InChI is InChI=1S/C34H46BrN3O7/c1-7-9-15-26(40)36-18-25(22-13-11-10-12-14-22)44-33(43)27-28-31(41)38(24(19-39)20(3)4)30(32(42)37(16-8-2)21(5)6)34(28)17-23(35)29(27)45-34/h7-8,10-14,20-21,23-25,27-30,39H,1-2,9,15-19H2,3-6H3,(H,36,40)/t23?,24-,25-,27-,28+,29-,30-,34+/m0/s1. The number of fused-ring (bicyclic) bond motifs is 1. The quantitative estimate of drug-likeness (QED) is 0.164. The summed E-state index contributed by atoms with van der Waals surface area (Å²) in [4.78, 5) is 58.3. The van der Waals surface area contributed by atoms with Crippen LogP contribution in [0.15, 0.2) is 55.6 Å². The van der Waals surface area contributed by atoms with Gasteiger partial charge in [0.1, 0.15) is 17.7 Å². The Labute approximate surface area is 274 Å². The molecule has 0 saturated carbocycles. The predicted octanol–water partition coefficient (Wildman–Crippen LogP) is 3.54. The summed E-state index contributed by atoms with van der Waals surface area (Å²) in [5.41, 5.74) is -0.609. The minimum absolute atomic E-state index is 0.0452. The molecule has 2 N–H and O–H groups in total. The molecule has 246 valence electrons. The molecule has 0 aromatic heterocycles. The molecule has 2 bridgehead atoms. The van der Waals surface area contributed by atoms with E-state index in [0.717, 1.165) is 0 Å². The number of benzene rings is 1. The number of nitrogens with zero attached hydrogens (tertiary/aromatic N) is 2. The van der Waals surface area contributed by atoms with Crippen LogP contribution in [-0.2, 0) is 28.7 Å². The number of amides is 3. The van der Waals surface area contributed by atoms with E-state index in [9.17, 15) is 24.3 Å². The second kappa shape index (κ2) is 14.6. The van der Waals surface area contributed by atoms with Crippen molar-refractivity contribution in [2.45, 2.75) is 87.7 Å². The first-order valence-electron chi connectivity index (χ1n) is 15.7. The number of nitrogens with one attached hydrogen (secondary N) is 1. The lowest BCUT2D eigenvalue weighted by atomic mass is 9.70. The van der Waals surface area contributed by atoms with Gasteiger partial charge < -0.3 is 29.7 Å². The molecule has 1 aromatic rings. The van der Waals surface area contributed by atoms with Crippen molar-refractivity contribution in [2.75, 3.05) is 19.7 Å². The summed E-state index contributed by atoms with van der Waals surface area (Å²) in [6, 6.07) is 7.20. The molecule has 8 atom stereocenters. The van der Waals surface area contributed by atoms with Gasteiger partial charge in [0.05, 0.1) is 37.1 Å². The number of aliphatic hydroxyl groups excluding tert-OH is 1. The number of ether oxygens (including phenoxy) is 2. The molecule has 1 unspecified atom stereocenters. The SMILES string of the molecule is C=CCCC(=O)NC[C@H](OC(=O)[C@@H]1[C@H]2O[C@@]3(CC2Br)[C@H](C(=O)N(CC=C)C(C)C)N([C@@H](CO)C(C)C)C(=O)[C@@H]13)c1ccccc1. The fourth-order valence-corrected chi connectivity index (χ4v) is 8.03. The molecule has 1 aromatic carbocycles. The van der Waals surface area contributed by atoms with E-state index in [-0.39, 0.29) is 54.7 Å². The maximum atomic E-state index is 14.5. The lowest BCUT2D eigenvalue weighted by Crippen LogP contribution is -2.60.